The van der Waals surface area contributed by atoms with Crippen molar-refractivity contribution in [2.75, 3.05) is 54.1 Å². The average Bonchev–Trinajstić information content (AvgIpc) is 3.55. The van der Waals surface area contributed by atoms with Gasteiger partial charge < -0.3 is 39.2 Å². The molecule has 1 fully saturated rings. The molecule has 0 radical (unpaired) electrons. The fraction of sp³-hybridized carbons (Fsp3) is 0.268. The largest absolute Gasteiger partial charge is 0.493 e. The molecule has 1 saturated heterocycles. The van der Waals surface area contributed by atoms with Gasteiger partial charge in [-0.05, 0) is 29.8 Å². The van der Waals surface area contributed by atoms with Gasteiger partial charge in [0.15, 0.2) is 17.3 Å². The van der Waals surface area contributed by atoms with Crippen molar-refractivity contribution in [2.24, 2.45) is 0 Å². The van der Waals surface area contributed by atoms with E-state index in [9.17, 15) is 24.0 Å². The Kier molecular flexibility index (Phi) is 18.2. The SMILES string of the molecule is COc1cc(C(=O)CCn2c(CN3CCN(C/C=C/c4ccccc4)CC3)nc3ccccc32)cc(OC)c1OC.O=C(O)/C=C/C(=O)O.O=C(O)/C=C/C(=O)O. The molecule has 0 bridgehead atoms. The predicted octanol–water partition coefficient (Wildman–Crippen LogP) is 4.59. The second kappa shape index (κ2) is 23.2. The topological polar surface area (TPSA) is 218 Å². The Morgan fingerprint density at radius 2 is 1.19 bits per heavy atom. The number of aryl methyl sites for hydroxylation is 1. The Morgan fingerprint density at radius 3 is 1.70 bits per heavy atom. The summed E-state index contributed by atoms with van der Waals surface area (Å²) in [6.45, 7) is 6.22. The van der Waals surface area contributed by atoms with Gasteiger partial charge in [-0.2, -0.15) is 0 Å². The second-order valence-electron chi connectivity index (χ2n) is 12.2. The highest BCUT2D eigenvalue weighted by Gasteiger charge is 2.21. The van der Waals surface area contributed by atoms with Gasteiger partial charge in [-0.25, -0.2) is 24.2 Å². The molecule has 2 heterocycles. The number of rotatable bonds is 16. The number of carboxylic acids is 4. The summed E-state index contributed by atoms with van der Waals surface area (Å²) in [7, 11) is 4.66. The maximum atomic E-state index is 13.3. The first kappa shape index (κ1) is 44.6. The van der Waals surface area contributed by atoms with Crippen molar-refractivity contribution in [3.8, 4) is 17.2 Å². The van der Waals surface area contributed by atoms with Crippen molar-refractivity contribution in [2.45, 2.75) is 19.5 Å². The number of benzene rings is 3. The summed E-state index contributed by atoms with van der Waals surface area (Å²) in [4.78, 5) is 61.4. The van der Waals surface area contributed by atoms with Gasteiger partial charge in [0.05, 0.1) is 38.9 Å². The molecule has 3 aromatic carbocycles. The zero-order valence-electron chi connectivity index (χ0n) is 31.8. The number of Topliss-reactive ketones (excluding diaryl/α,β-unsaturated/α-hetero) is 1. The fourth-order valence-electron chi connectivity index (χ4n) is 5.61. The highest BCUT2D eigenvalue weighted by Crippen LogP contribution is 2.38. The Morgan fingerprint density at radius 1 is 0.684 bits per heavy atom. The monoisotopic (exact) mass is 786 g/mol. The molecule has 0 atom stereocenters. The number of ketones is 1. The van der Waals surface area contributed by atoms with E-state index in [0.717, 1.165) is 56.1 Å². The van der Waals surface area contributed by atoms with Crippen molar-refractivity contribution >= 4 is 46.8 Å². The molecule has 5 rings (SSSR count). The molecule has 4 N–H and O–H groups in total. The minimum absolute atomic E-state index is 0.00477. The molecule has 4 aromatic rings. The lowest BCUT2D eigenvalue weighted by Gasteiger charge is -2.34. The van der Waals surface area contributed by atoms with Crippen molar-refractivity contribution < 1.29 is 58.6 Å². The third kappa shape index (κ3) is 15.1. The van der Waals surface area contributed by atoms with Crippen LogP contribution in [0, 0.1) is 0 Å². The molecule has 16 nitrogen and oxygen atoms in total. The summed E-state index contributed by atoms with van der Waals surface area (Å²) >= 11 is 0. The Hall–Kier alpha value is -6.78. The van der Waals surface area contributed by atoms with Crippen LogP contribution < -0.4 is 14.2 Å². The third-order valence-corrected chi connectivity index (χ3v) is 8.32. The summed E-state index contributed by atoms with van der Waals surface area (Å²) in [5.41, 5.74) is 3.76. The van der Waals surface area contributed by atoms with E-state index in [4.69, 9.17) is 39.6 Å². The van der Waals surface area contributed by atoms with Crippen LogP contribution in [-0.2, 0) is 32.3 Å². The molecule has 57 heavy (non-hydrogen) atoms. The first-order valence-corrected chi connectivity index (χ1v) is 17.6. The molecule has 16 heteroatoms. The van der Waals surface area contributed by atoms with E-state index < -0.39 is 23.9 Å². The number of aromatic nitrogens is 2. The van der Waals surface area contributed by atoms with Crippen LogP contribution in [0.15, 0.2) is 97.1 Å². The number of imidazole rings is 1. The number of para-hydroxylation sites is 2. The van der Waals surface area contributed by atoms with Gasteiger partial charge in [0.2, 0.25) is 5.75 Å². The molecule has 0 aliphatic carbocycles. The van der Waals surface area contributed by atoms with Crippen LogP contribution in [0.3, 0.4) is 0 Å². The summed E-state index contributed by atoms with van der Waals surface area (Å²) in [5.74, 6) is -2.62. The number of hydrogen-bond acceptors (Lipinski definition) is 11. The van der Waals surface area contributed by atoms with Gasteiger partial charge >= 0.3 is 23.9 Å². The zero-order chi connectivity index (χ0) is 41.7. The molecule has 0 unspecified atom stereocenters. The molecule has 0 spiro atoms. The molecular formula is C41H46N4O12. The lowest BCUT2D eigenvalue weighted by Crippen LogP contribution is -2.46. The first-order chi connectivity index (χ1) is 27.3. The number of aliphatic carboxylic acids is 4. The van der Waals surface area contributed by atoms with Gasteiger partial charge in [0.25, 0.3) is 0 Å². The third-order valence-electron chi connectivity index (χ3n) is 8.32. The summed E-state index contributed by atoms with van der Waals surface area (Å²) in [6, 6.07) is 22.0. The summed E-state index contributed by atoms with van der Waals surface area (Å²) in [5, 5.41) is 31.2. The molecule has 0 amide bonds. The number of hydrogen-bond donors (Lipinski definition) is 4. The van der Waals surface area contributed by atoms with Crippen LogP contribution in [-0.4, -0.2) is 123 Å². The van der Waals surface area contributed by atoms with Crippen LogP contribution in [0.4, 0.5) is 0 Å². The van der Waals surface area contributed by atoms with Crippen LogP contribution in [0.2, 0.25) is 0 Å². The highest BCUT2D eigenvalue weighted by atomic mass is 16.5. The van der Waals surface area contributed by atoms with Gasteiger partial charge in [-0.15, -0.1) is 0 Å². The molecule has 302 valence electrons. The first-order valence-electron chi connectivity index (χ1n) is 17.6. The highest BCUT2D eigenvalue weighted by molar-refractivity contribution is 5.97. The van der Waals surface area contributed by atoms with Crippen molar-refractivity contribution in [3.63, 3.8) is 0 Å². The van der Waals surface area contributed by atoms with E-state index in [0.29, 0.717) is 60.1 Å². The van der Waals surface area contributed by atoms with E-state index in [2.05, 4.69) is 56.9 Å². The maximum Gasteiger partial charge on any atom is 0.328 e. The van der Waals surface area contributed by atoms with Crippen LogP contribution >= 0.6 is 0 Å². The number of piperazine rings is 1. The van der Waals surface area contributed by atoms with E-state index in [1.54, 1.807) is 33.5 Å². The van der Waals surface area contributed by atoms with Crippen LogP contribution in [0.5, 0.6) is 17.2 Å². The number of methoxy groups -OCH3 is 3. The van der Waals surface area contributed by atoms with Crippen molar-refractivity contribution in [1.82, 2.24) is 19.4 Å². The summed E-state index contributed by atoms with van der Waals surface area (Å²) < 4.78 is 18.5. The minimum Gasteiger partial charge on any atom is -0.493 e. The zero-order valence-corrected chi connectivity index (χ0v) is 31.8. The molecule has 1 aliphatic heterocycles. The Balaban J connectivity index is 0.000000457. The lowest BCUT2D eigenvalue weighted by atomic mass is 10.1. The quantitative estimate of drug-likeness (QED) is 0.0902. The van der Waals surface area contributed by atoms with E-state index in [-0.39, 0.29) is 5.78 Å². The smallest absolute Gasteiger partial charge is 0.328 e. The van der Waals surface area contributed by atoms with E-state index in [1.165, 1.54) is 5.56 Å². The second-order valence-corrected chi connectivity index (χ2v) is 12.2. The van der Waals surface area contributed by atoms with Gasteiger partial charge in [0.1, 0.15) is 5.82 Å². The van der Waals surface area contributed by atoms with Crippen molar-refractivity contribution in [1.29, 1.82) is 0 Å². The van der Waals surface area contributed by atoms with Gasteiger partial charge in [-0.3, -0.25) is 14.6 Å². The molecule has 1 aliphatic rings. The number of ether oxygens (including phenoxy) is 3. The van der Waals surface area contributed by atoms with Crippen molar-refractivity contribution in [3.05, 3.63) is 114 Å². The Labute approximate surface area is 329 Å². The predicted molar refractivity (Wildman–Crippen MR) is 211 cm³/mol. The molecule has 0 saturated carbocycles. The van der Waals surface area contributed by atoms with E-state index >= 15 is 0 Å². The van der Waals surface area contributed by atoms with Gasteiger partial charge in [-0.1, -0.05) is 54.6 Å². The number of carbonyl (C=O) groups is 5. The standard InChI is InChI=1S/C33H38N4O4.2C4H4O4/c1-39-30-22-26(23-31(40-2)33(30)41-3)29(38)15-17-37-28-14-8-7-13-27(28)34-32(37)24-36-20-18-35(19-21-36)16-9-12-25-10-5-4-6-11-25;2*5-3(6)1-2-4(7)8/h4-14,22-23H,15-21,24H2,1-3H3;2*1-2H,(H,5,6)(H,7,8)/b12-9+;2*2-1+. The average molecular weight is 787 g/mol. The Bertz CT molecular complexity index is 1980. The van der Waals surface area contributed by atoms with Crippen LogP contribution in [0.25, 0.3) is 17.1 Å². The lowest BCUT2D eigenvalue weighted by molar-refractivity contribution is -0.134. The van der Waals surface area contributed by atoms with E-state index in [1.807, 2.05) is 24.3 Å². The number of fused-ring (bicyclic) bond motifs is 1. The fourth-order valence-corrected chi connectivity index (χ4v) is 5.61. The molecular weight excluding hydrogens is 740 g/mol. The van der Waals surface area contributed by atoms with Crippen LogP contribution in [0.1, 0.15) is 28.2 Å². The molecule has 1 aromatic heterocycles. The normalized spacial score (nSPS) is 13.1. The minimum atomic E-state index is -1.26. The number of carboxylic acid groups (broad SMARTS) is 4. The van der Waals surface area contributed by atoms with Gasteiger partial charge in [0, 0.05) is 75.6 Å². The number of nitrogens with zero attached hydrogens (tertiary/aromatic N) is 4. The summed E-state index contributed by atoms with van der Waals surface area (Å²) in [6.07, 6.45) is 6.99. The number of carbonyl (C=O) groups excluding carboxylic acids is 1. The maximum absolute atomic E-state index is 13.3.